The third-order valence-corrected chi connectivity index (χ3v) is 18.3. The molecular formula is C30H55BN2Si. The van der Waals surface area contributed by atoms with Crippen molar-refractivity contribution in [3.8, 4) is 0 Å². The number of rotatable bonds is 3. The van der Waals surface area contributed by atoms with Gasteiger partial charge < -0.3 is 4.81 Å². The molecule has 0 aromatic rings. The molecule has 0 radical (unpaired) electrons. The topological polar surface area (TPSA) is 6.48 Å². The number of fused-ring (bicyclic) bond motifs is 6. The molecule has 2 heterocycles. The highest BCUT2D eigenvalue weighted by Crippen LogP contribution is 2.68. The van der Waals surface area contributed by atoms with Gasteiger partial charge in [0.1, 0.15) is 0 Å². The molecule has 6 aliphatic rings. The van der Waals surface area contributed by atoms with Gasteiger partial charge in [-0.15, -0.1) is 0 Å². The molecule has 6 fully saturated rings. The lowest BCUT2D eigenvalue weighted by Gasteiger charge is -2.56. The van der Waals surface area contributed by atoms with E-state index < -0.39 is 8.07 Å². The lowest BCUT2D eigenvalue weighted by molar-refractivity contribution is 0.109. The molecule has 11 unspecified atom stereocenters. The molecule has 0 N–H and O–H groups in total. The summed E-state index contributed by atoms with van der Waals surface area (Å²) < 4.78 is 0. The van der Waals surface area contributed by atoms with Crippen molar-refractivity contribution in [2.75, 3.05) is 21.1 Å². The first kappa shape index (κ1) is 24.5. The van der Waals surface area contributed by atoms with Gasteiger partial charge in [-0.05, 0) is 99.2 Å². The zero-order valence-corrected chi connectivity index (χ0v) is 24.5. The van der Waals surface area contributed by atoms with Crippen LogP contribution in [0, 0.1) is 41.4 Å². The molecule has 4 saturated carbocycles. The minimum Gasteiger partial charge on any atom is -0.347 e. The first-order valence-electron chi connectivity index (χ1n) is 15.7. The van der Waals surface area contributed by atoms with Gasteiger partial charge in [0.15, 0.2) is 0 Å². The van der Waals surface area contributed by atoms with Gasteiger partial charge >= 0.3 is 0 Å². The Morgan fingerprint density at radius 2 is 1.47 bits per heavy atom. The molecule has 34 heavy (non-hydrogen) atoms. The minimum absolute atomic E-state index is 0.863. The van der Waals surface area contributed by atoms with Crippen LogP contribution in [-0.2, 0) is 0 Å². The van der Waals surface area contributed by atoms with Crippen LogP contribution in [0.25, 0.3) is 0 Å². The normalized spacial score (nSPS) is 49.5. The van der Waals surface area contributed by atoms with E-state index in [4.69, 9.17) is 0 Å². The van der Waals surface area contributed by atoms with Gasteiger partial charge in [0.05, 0.1) is 0 Å². The number of likely N-dealkylation sites (tertiary alicyclic amines) is 1. The number of hydrogen-bond acceptors (Lipinski definition) is 2. The minimum atomic E-state index is -1.49. The average molecular weight is 483 g/mol. The van der Waals surface area contributed by atoms with E-state index in [2.05, 4.69) is 50.9 Å². The molecular weight excluding hydrogens is 427 g/mol. The van der Waals surface area contributed by atoms with Gasteiger partial charge in [0.2, 0.25) is 6.85 Å². The lowest BCUT2D eigenvalue weighted by atomic mass is 9.43. The highest BCUT2D eigenvalue weighted by atomic mass is 28.3. The van der Waals surface area contributed by atoms with E-state index in [-0.39, 0.29) is 0 Å². The summed E-state index contributed by atoms with van der Waals surface area (Å²) in [6.45, 7) is 9.37. The van der Waals surface area contributed by atoms with E-state index in [9.17, 15) is 0 Å². The van der Waals surface area contributed by atoms with Gasteiger partial charge in [-0.3, -0.25) is 4.90 Å². The highest BCUT2D eigenvalue weighted by Gasteiger charge is 2.67. The monoisotopic (exact) mass is 482 g/mol. The second kappa shape index (κ2) is 9.19. The van der Waals surface area contributed by atoms with E-state index in [0.717, 1.165) is 71.3 Å². The maximum atomic E-state index is 3.02. The average Bonchev–Trinajstić information content (AvgIpc) is 3.31. The largest absolute Gasteiger partial charge is 0.347 e. The van der Waals surface area contributed by atoms with Crippen molar-refractivity contribution in [1.29, 1.82) is 0 Å². The molecule has 0 spiro atoms. The van der Waals surface area contributed by atoms with Crippen LogP contribution >= 0.6 is 0 Å². The Labute approximate surface area is 213 Å². The van der Waals surface area contributed by atoms with Crippen molar-refractivity contribution in [3.05, 3.63) is 0 Å². The predicted molar refractivity (Wildman–Crippen MR) is 150 cm³/mol. The fourth-order valence-corrected chi connectivity index (χ4v) is 18.7. The molecule has 0 aromatic carbocycles. The van der Waals surface area contributed by atoms with Crippen LogP contribution in [0.5, 0.6) is 0 Å². The Kier molecular flexibility index (Phi) is 6.63. The van der Waals surface area contributed by atoms with Crippen LogP contribution in [0.15, 0.2) is 0 Å². The zero-order valence-electron chi connectivity index (χ0n) is 23.5. The van der Waals surface area contributed by atoms with Crippen molar-refractivity contribution in [2.45, 2.75) is 126 Å². The van der Waals surface area contributed by atoms with Crippen molar-refractivity contribution < 1.29 is 0 Å². The molecule has 0 amide bonds. The Hall–Kier alpha value is 0.202. The molecule has 6 rings (SSSR count). The summed E-state index contributed by atoms with van der Waals surface area (Å²) in [7, 11) is 5.97. The molecule has 192 valence electrons. The highest BCUT2D eigenvalue weighted by molar-refractivity contribution is 6.91. The van der Waals surface area contributed by atoms with Crippen molar-refractivity contribution in [1.82, 2.24) is 9.71 Å². The van der Waals surface area contributed by atoms with Crippen LogP contribution in [0.1, 0.15) is 84.0 Å². The summed E-state index contributed by atoms with van der Waals surface area (Å²) in [5, 5.41) is 0. The van der Waals surface area contributed by atoms with Crippen LogP contribution in [0.4, 0.5) is 0 Å². The maximum Gasteiger partial charge on any atom is 0.223 e. The summed E-state index contributed by atoms with van der Waals surface area (Å²) in [5.74, 6) is 7.24. The summed E-state index contributed by atoms with van der Waals surface area (Å²) in [6.07, 6.45) is 19.9. The van der Waals surface area contributed by atoms with Crippen LogP contribution in [0.2, 0.25) is 30.4 Å². The molecule has 4 aliphatic carbocycles. The van der Waals surface area contributed by atoms with Crippen LogP contribution in [0.3, 0.4) is 0 Å². The Balaban J connectivity index is 1.41. The van der Waals surface area contributed by atoms with Crippen LogP contribution < -0.4 is 0 Å². The van der Waals surface area contributed by atoms with Gasteiger partial charge in [-0.1, -0.05) is 77.7 Å². The summed E-state index contributed by atoms with van der Waals surface area (Å²) in [6, 6.07) is 1.85. The fourth-order valence-electron chi connectivity index (χ4n) is 12.3. The molecule has 0 bridgehead atoms. The molecule has 11 atom stereocenters. The second-order valence-corrected chi connectivity index (χ2v) is 20.2. The first-order valence-corrected chi connectivity index (χ1v) is 18.8. The third-order valence-electron chi connectivity index (χ3n) is 13.3. The Morgan fingerprint density at radius 1 is 0.794 bits per heavy atom. The first-order chi connectivity index (χ1) is 16.3. The molecule has 2 saturated heterocycles. The predicted octanol–water partition coefficient (Wildman–Crippen LogP) is 7.29. The van der Waals surface area contributed by atoms with Gasteiger partial charge in [0, 0.05) is 20.2 Å². The Bertz CT molecular complexity index is 741. The molecule has 4 heteroatoms. The van der Waals surface area contributed by atoms with E-state index >= 15 is 0 Å². The standard InChI is InChI=1S/C30H55BN2Si/c1-20-15-16-26-25(19-20)27-28(33(26)4)23-13-9-10-14-24(23)29(27)34(5,6)30-22-12-8-7-11-21(22)17-18-31(30)32(2)3/h20-30H,7-19H2,1-6H3. The SMILES string of the molecule is CC1CCC2C(C1)C1C(C3CCCCC3C1[Si](C)(C)C1B(N(C)C)CCC3CCCCC31)N2C. The summed E-state index contributed by atoms with van der Waals surface area (Å²) >= 11 is 0. The molecule has 0 aromatic heterocycles. The third kappa shape index (κ3) is 3.69. The van der Waals surface area contributed by atoms with Crippen molar-refractivity contribution >= 4 is 14.9 Å². The van der Waals surface area contributed by atoms with Gasteiger partial charge in [-0.25, -0.2) is 0 Å². The Morgan fingerprint density at radius 3 is 2.21 bits per heavy atom. The van der Waals surface area contributed by atoms with Crippen molar-refractivity contribution in [3.63, 3.8) is 0 Å². The molecule has 2 aliphatic heterocycles. The van der Waals surface area contributed by atoms with E-state index in [0.29, 0.717) is 0 Å². The maximum absolute atomic E-state index is 3.02. The second-order valence-electron chi connectivity index (χ2n) is 15.2. The van der Waals surface area contributed by atoms with Gasteiger partial charge in [-0.2, -0.15) is 0 Å². The number of nitrogens with zero attached hydrogens (tertiary/aromatic N) is 2. The summed E-state index contributed by atoms with van der Waals surface area (Å²) in [4.78, 5) is 5.73. The van der Waals surface area contributed by atoms with E-state index in [1.165, 1.54) is 51.3 Å². The van der Waals surface area contributed by atoms with E-state index in [1.54, 1.807) is 32.1 Å². The smallest absolute Gasteiger partial charge is 0.223 e. The fraction of sp³-hybridized carbons (Fsp3) is 1.00. The lowest BCUT2D eigenvalue weighted by Crippen LogP contribution is -2.59. The number of hydrogen-bond donors (Lipinski definition) is 0. The van der Waals surface area contributed by atoms with Gasteiger partial charge in [0.25, 0.3) is 0 Å². The molecule has 2 nitrogen and oxygen atoms in total. The zero-order chi connectivity index (χ0) is 23.8. The quantitative estimate of drug-likeness (QED) is 0.390. The van der Waals surface area contributed by atoms with Crippen molar-refractivity contribution in [2.24, 2.45) is 41.4 Å². The van der Waals surface area contributed by atoms with E-state index in [1.807, 2.05) is 0 Å². The van der Waals surface area contributed by atoms with Crippen LogP contribution in [-0.4, -0.2) is 57.9 Å². The summed E-state index contributed by atoms with van der Waals surface area (Å²) in [5.41, 5.74) is 2.14.